The molecule has 1 aromatic carbocycles. The van der Waals surface area contributed by atoms with E-state index in [-0.39, 0.29) is 23.8 Å². The lowest BCUT2D eigenvalue weighted by atomic mass is 9.50. The molecule has 0 bridgehead atoms. The molecule has 1 aromatic heterocycles. The van der Waals surface area contributed by atoms with E-state index < -0.39 is 0 Å². The standard InChI is InChI=1S/C20H22ClN3O3/c1-24-10-11(4-17(24)25)18(26)22-14-8-20(9-14)6-12(7-20)19-23-15-5-13(21)2-3-16(15)27-19/h2-3,5,11-12,14H,4,6-10H2,1H3,(H,22,26)/t11-,12-,14-,20?/m1/s1. The van der Waals surface area contributed by atoms with Gasteiger partial charge >= 0.3 is 0 Å². The lowest BCUT2D eigenvalue weighted by Gasteiger charge is -2.57. The zero-order chi connectivity index (χ0) is 18.8. The maximum Gasteiger partial charge on any atom is 0.225 e. The highest BCUT2D eigenvalue weighted by Crippen LogP contribution is 2.61. The Bertz CT molecular complexity index is 926. The van der Waals surface area contributed by atoms with Gasteiger partial charge in [-0.1, -0.05) is 11.6 Å². The van der Waals surface area contributed by atoms with Crippen LogP contribution < -0.4 is 5.32 Å². The number of nitrogens with zero attached hydrogens (tertiary/aromatic N) is 2. The van der Waals surface area contributed by atoms with Gasteiger partial charge in [-0.25, -0.2) is 4.98 Å². The quantitative estimate of drug-likeness (QED) is 0.878. The summed E-state index contributed by atoms with van der Waals surface area (Å²) in [4.78, 5) is 30.2. The number of hydrogen-bond acceptors (Lipinski definition) is 4. The predicted molar refractivity (Wildman–Crippen MR) is 100 cm³/mol. The van der Waals surface area contributed by atoms with Crippen LogP contribution in [0.1, 0.15) is 43.9 Å². The fourth-order valence-electron chi connectivity index (χ4n) is 5.03. The van der Waals surface area contributed by atoms with Crippen molar-refractivity contribution in [2.24, 2.45) is 11.3 Å². The molecule has 2 amide bonds. The minimum atomic E-state index is -0.195. The molecule has 3 fully saturated rings. The van der Waals surface area contributed by atoms with Gasteiger partial charge in [0.1, 0.15) is 5.52 Å². The molecule has 5 rings (SSSR count). The van der Waals surface area contributed by atoms with Crippen LogP contribution in [0.2, 0.25) is 5.02 Å². The number of fused-ring (bicyclic) bond motifs is 1. The van der Waals surface area contributed by atoms with Gasteiger partial charge in [0.25, 0.3) is 0 Å². The number of carbonyl (C=O) groups excluding carboxylic acids is 2. The largest absolute Gasteiger partial charge is 0.440 e. The monoisotopic (exact) mass is 387 g/mol. The van der Waals surface area contributed by atoms with Crippen molar-refractivity contribution in [3.63, 3.8) is 0 Å². The minimum Gasteiger partial charge on any atom is -0.440 e. The van der Waals surface area contributed by atoms with E-state index in [4.69, 9.17) is 16.0 Å². The highest BCUT2D eigenvalue weighted by atomic mass is 35.5. The summed E-state index contributed by atoms with van der Waals surface area (Å²) >= 11 is 6.02. The molecule has 7 heteroatoms. The second kappa shape index (κ2) is 5.96. The molecule has 1 spiro atoms. The zero-order valence-electron chi connectivity index (χ0n) is 15.2. The summed E-state index contributed by atoms with van der Waals surface area (Å²) in [7, 11) is 1.75. The fourth-order valence-corrected chi connectivity index (χ4v) is 5.20. The fraction of sp³-hybridized carbons (Fsp3) is 0.550. The lowest BCUT2D eigenvalue weighted by Crippen LogP contribution is -2.56. The highest BCUT2D eigenvalue weighted by molar-refractivity contribution is 6.31. The Morgan fingerprint density at radius 3 is 2.81 bits per heavy atom. The first-order chi connectivity index (χ1) is 12.9. The average molecular weight is 388 g/mol. The minimum absolute atomic E-state index is 0.0271. The van der Waals surface area contributed by atoms with Gasteiger partial charge in [0.05, 0.1) is 5.92 Å². The number of aromatic nitrogens is 1. The Labute approximate surface area is 162 Å². The van der Waals surface area contributed by atoms with Crippen molar-refractivity contribution in [1.82, 2.24) is 15.2 Å². The molecular formula is C20H22ClN3O3. The zero-order valence-corrected chi connectivity index (χ0v) is 16.0. The van der Waals surface area contributed by atoms with E-state index in [0.717, 1.165) is 42.7 Å². The Morgan fingerprint density at radius 2 is 2.11 bits per heavy atom. The molecule has 1 aliphatic heterocycles. The molecule has 1 atom stereocenters. The summed E-state index contributed by atoms with van der Waals surface area (Å²) < 4.78 is 5.89. The summed E-state index contributed by atoms with van der Waals surface area (Å²) in [6.07, 6.45) is 4.48. The number of benzene rings is 1. The van der Waals surface area contributed by atoms with Crippen LogP contribution in [0, 0.1) is 11.3 Å². The van der Waals surface area contributed by atoms with Gasteiger partial charge in [0.15, 0.2) is 11.5 Å². The highest BCUT2D eigenvalue weighted by Gasteiger charge is 2.55. The van der Waals surface area contributed by atoms with E-state index in [0.29, 0.717) is 29.3 Å². The molecule has 2 aromatic rings. The molecule has 0 unspecified atom stereocenters. The van der Waals surface area contributed by atoms with E-state index in [1.165, 1.54) is 0 Å². The van der Waals surface area contributed by atoms with Crippen molar-refractivity contribution in [3.8, 4) is 0 Å². The van der Waals surface area contributed by atoms with Crippen LogP contribution in [-0.2, 0) is 9.59 Å². The Balaban J connectivity index is 1.14. The third-order valence-corrected chi connectivity index (χ3v) is 6.73. The number of hydrogen-bond donors (Lipinski definition) is 1. The van der Waals surface area contributed by atoms with Crippen molar-refractivity contribution in [1.29, 1.82) is 0 Å². The Hall–Kier alpha value is -2.08. The predicted octanol–water partition coefficient (Wildman–Crippen LogP) is 3.10. The molecule has 27 heavy (non-hydrogen) atoms. The maximum atomic E-state index is 12.3. The number of amides is 2. The lowest BCUT2D eigenvalue weighted by molar-refractivity contribution is -0.130. The Kier molecular flexibility index (Phi) is 3.76. The smallest absolute Gasteiger partial charge is 0.225 e. The van der Waals surface area contributed by atoms with E-state index >= 15 is 0 Å². The third kappa shape index (κ3) is 2.90. The van der Waals surface area contributed by atoms with Gasteiger partial charge in [0, 0.05) is 37.0 Å². The van der Waals surface area contributed by atoms with Crippen LogP contribution >= 0.6 is 11.6 Å². The van der Waals surface area contributed by atoms with Gasteiger partial charge in [-0.05, 0) is 49.3 Å². The summed E-state index contributed by atoms with van der Waals surface area (Å²) in [5.41, 5.74) is 1.92. The average Bonchev–Trinajstić information content (AvgIpc) is 3.11. The van der Waals surface area contributed by atoms with Crippen molar-refractivity contribution in [3.05, 3.63) is 29.1 Å². The number of oxazole rings is 1. The summed E-state index contributed by atoms with van der Waals surface area (Å²) in [6.45, 7) is 0.534. The first kappa shape index (κ1) is 17.0. The normalized spacial score (nSPS) is 32.6. The van der Waals surface area contributed by atoms with Crippen LogP contribution in [0.25, 0.3) is 11.1 Å². The number of halogens is 1. The second-order valence-electron chi connectivity index (χ2n) is 8.56. The second-order valence-corrected chi connectivity index (χ2v) is 8.99. The van der Waals surface area contributed by atoms with Crippen LogP contribution in [0.3, 0.4) is 0 Å². The number of carbonyl (C=O) groups is 2. The summed E-state index contributed by atoms with van der Waals surface area (Å²) in [5, 5.41) is 3.80. The molecule has 142 valence electrons. The first-order valence-corrected chi connectivity index (χ1v) is 9.89. The Morgan fingerprint density at radius 1 is 1.33 bits per heavy atom. The molecule has 1 N–H and O–H groups in total. The SMILES string of the molecule is CN1C[C@H](C(=O)N[C@H]2CC3(C2)C[C@H](c2nc4cc(Cl)ccc4o2)C3)CC1=O. The molecule has 1 saturated heterocycles. The maximum absolute atomic E-state index is 12.3. The van der Waals surface area contributed by atoms with Crippen molar-refractivity contribution < 1.29 is 14.0 Å². The molecule has 2 heterocycles. The van der Waals surface area contributed by atoms with E-state index in [2.05, 4.69) is 10.3 Å². The number of nitrogens with one attached hydrogen (secondary N) is 1. The molecule has 2 saturated carbocycles. The molecule has 3 aliphatic rings. The molecule has 2 aliphatic carbocycles. The molecular weight excluding hydrogens is 366 g/mol. The van der Waals surface area contributed by atoms with Crippen molar-refractivity contribution >= 4 is 34.5 Å². The third-order valence-electron chi connectivity index (χ3n) is 6.49. The van der Waals surface area contributed by atoms with Gasteiger partial charge in [0.2, 0.25) is 11.8 Å². The van der Waals surface area contributed by atoms with Crippen molar-refractivity contribution in [2.45, 2.75) is 44.1 Å². The van der Waals surface area contributed by atoms with Crippen LogP contribution in [0.4, 0.5) is 0 Å². The summed E-state index contributed by atoms with van der Waals surface area (Å²) in [6, 6.07) is 5.75. The van der Waals surface area contributed by atoms with Gasteiger partial charge in [-0.15, -0.1) is 0 Å². The van der Waals surface area contributed by atoms with Gasteiger partial charge < -0.3 is 14.6 Å². The molecule has 6 nitrogen and oxygen atoms in total. The van der Waals surface area contributed by atoms with E-state index in [1.54, 1.807) is 11.9 Å². The number of rotatable bonds is 3. The number of likely N-dealkylation sites (tertiary alicyclic amines) is 1. The topological polar surface area (TPSA) is 75.4 Å². The van der Waals surface area contributed by atoms with E-state index in [1.807, 2.05) is 18.2 Å². The van der Waals surface area contributed by atoms with E-state index in [9.17, 15) is 9.59 Å². The van der Waals surface area contributed by atoms with Crippen LogP contribution in [-0.4, -0.2) is 41.3 Å². The van der Waals surface area contributed by atoms with Crippen LogP contribution in [0.15, 0.2) is 22.6 Å². The summed E-state index contributed by atoms with van der Waals surface area (Å²) in [5.74, 6) is 1.05. The van der Waals surface area contributed by atoms with Gasteiger partial charge in [-0.3, -0.25) is 9.59 Å². The van der Waals surface area contributed by atoms with Crippen molar-refractivity contribution in [2.75, 3.05) is 13.6 Å². The van der Waals surface area contributed by atoms with Gasteiger partial charge in [-0.2, -0.15) is 0 Å². The van der Waals surface area contributed by atoms with Crippen LogP contribution in [0.5, 0.6) is 0 Å². The first-order valence-electron chi connectivity index (χ1n) is 9.51. The molecule has 0 radical (unpaired) electrons.